The molecule has 106 valence electrons. The van der Waals surface area contributed by atoms with Gasteiger partial charge in [-0.15, -0.1) is 0 Å². The van der Waals surface area contributed by atoms with Crippen molar-refractivity contribution in [1.82, 2.24) is 15.6 Å². The molecule has 5 nitrogen and oxygen atoms in total. The van der Waals surface area contributed by atoms with Gasteiger partial charge in [-0.2, -0.15) is 0 Å². The van der Waals surface area contributed by atoms with Gasteiger partial charge in [-0.25, -0.2) is 4.98 Å². The molecule has 1 aromatic carbocycles. The van der Waals surface area contributed by atoms with Crippen LogP contribution in [0.3, 0.4) is 0 Å². The molecule has 0 fully saturated rings. The van der Waals surface area contributed by atoms with Gasteiger partial charge in [-0.1, -0.05) is 25.1 Å². The lowest BCUT2D eigenvalue weighted by Gasteiger charge is -2.09. The van der Waals surface area contributed by atoms with Crippen LogP contribution in [-0.4, -0.2) is 24.5 Å². The third kappa shape index (κ3) is 3.85. The third-order valence-electron chi connectivity index (χ3n) is 2.78. The van der Waals surface area contributed by atoms with E-state index in [-0.39, 0.29) is 0 Å². The highest BCUT2D eigenvalue weighted by molar-refractivity contribution is 5.79. The number of guanidine groups is 1. The molecular formula is C15H20N4O. The lowest BCUT2D eigenvalue weighted by Crippen LogP contribution is -2.37. The lowest BCUT2D eigenvalue weighted by atomic mass is 10.2. The Hall–Kier alpha value is -2.30. The average Bonchev–Trinajstić information content (AvgIpc) is 2.97. The predicted molar refractivity (Wildman–Crippen MR) is 80.4 cm³/mol. The summed E-state index contributed by atoms with van der Waals surface area (Å²) in [5.41, 5.74) is 1.83. The smallest absolute Gasteiger partial charge is 0.226 e. The molecule has 0 atom stereocenters. The highest BCUT2D eigenvalue weighted by Gasteiger charge is 2.06. The van der Waals surface area contributed by atoms with Crippen molar-refractivity contribution in [2.24, 2.45) is 4.99 Å². The first kappa shape index (κ1) is 14.1. The highest BCUT2D eigenvalue weighted by Crippen LogP contribution is 2.17. The largest absolute Gasteiger partial charge is 0.444 e. The zero-order valence-electron chi connectivity index (χ0n) is 11.9. The fourth-order valence-electron chi connectivity index (χ4n) is 1.74. The van der Waals surface area contributed by atoms with Gasteiger partial charge in [0.1, 0.15) is 6.26 Å². The first-order valence-electron chi connectivity index (χ1n) is 6.77. The Morgan fingerprint density at radius 3 is 2.75 bits per heavy atom. The first-order valence-corrected chi connectivity index (χ1v) is 6.77. The molecule has 0 saturated heterocycles. The molecule has 0 radical (unpaired) electrons. The van der Waals surface area contributed by atoms with Gasteiger partial charge >= 0.3 is 0 Å². The summed E-state index contributed by atoms with van der Waals surface area (Å²) >= 11 is 0. The van der Waals surface area contributed by atoms with Crippen molar-refractivity contribution in [2.75, 3.05) is 13.6 Å². The molecule has 1 aromatic heterocycles. The van der Waals surface area contributed by atoms with Crippen LogP contribution in [0, 0.1) is 0 Å². The summed E-state index contributed by atoms with van der Waals surface area (Å²) in [6, 6.07) is 9.86. The van der Waals surface area contributed by atoms with Gasteiger partial charge in [-0.05, 0) is 18.6 Å². The van der Waals surface area contributed by atoms with E-state index in [0.29, 0.717) is 12.4 Å². The van der Waals surface area contributed by atoms with Gasteiger partial charge in [0, 0.05) is 19.2 Å². The van der Waals surface area contributed by atoms with Crippen molar-refractivity contribution in [3.8, 4) is 11.5 Å². The quantitative estimate of drug-likeness (QED) is 0.648. The van der Waals surface area contributed by atoms with Crippen molar-refractivity contribution in [3.05, 3.63) is 42.3 Å². The monoisotopic (exact) mass is 272 g/mol. The van der Waals surface area contributed by atoms with E-state index in [4.69, 9.17) is 4.42 Å². The standard InChI is InChI=1S/C15H20N4O/c1-3-9-17-15(16-2)18-10-13-11-20-14(19-13)12-7-5-4-6-8-12/h4-8,11H,3,9-10H2,1-2H3,(H2,16,17,18). The molecule has 0 amide bonds. The Morgan fingerprint density at radius 1 is 1.25 bits per heavy atom. The molecule has 0 aliphatic carbocycles. The van der Waals surface area contributed by atoms with E-state index in [1.54, 1.807) is 13.3 Å². The van der Waals surface area contributed by atoms with Gasteiger partial charge in [-0.3, -0.25) is 4.99 Å². The molecule has 2 aromatic rings. The maximum absolute atomic E-state index is 5.49. The predicted octanol–water partition coefficient (Wildman–Crippen LogP) is 2.42. The van der Waals surface area contributed by atoms with Crippen LogP contribution in [0.15, 0.2) is 46.0 Å². The summed E-state index contributed by atoms with van der Waals surface area (Å²) in [5.74, 6) is 1.41. The second-order valence-electron chi connectivity index (χ2n) is 4.36. The molecule has 2 N–H and O–H groups in total. The van der Waals surface area contributed by atoms with Gasteiger partial charge in [0.05, 0.1) is 12.2 Å². The number of aromatic nitrogens is 1. The Labute approximate surface area is 119 Å². The van der Waals surface area contributed by atoms with Gasteiger partial charge in [0.2, 0.25) is 5.89 Å². The minimum Gasteiger partial charge on any atom is -0.444 e. The zero-order chi connectivity index (χ0) is 14.2. The maximum Gasteiger partial charge on any atom is 0.226 e. The van der Waals surface area contributed by atoms with Gasteiger partial charge in [0.25, 0.3) is 0 Å². The van der Waals surface area contributed by atoms with Crippen LogP contribution in [0.5, 0.6) is 0 Å². The summed E-state index contributed by atoms with van der Waals surface area (Å²) in [6.45, 7) is 3.59. The first-order chi connectivity index (χ1) is 9.83. The van der Waals surface area contributed by atoms with E-state index in [1.165, 1.54) is 0 Å². The molecule has 0 aliphatic rings. The molecule has 0 bridgehead atoms. The van der Waals surface area contributed by atoms with E-state index in [1.807, 2.05) is 30.3 Å². The average molecular weight is 272 g/mol. The van der Waals surface area contributed by atoms with Crippen LogP contribution in [0.2, 0.25) is 0 Å². The molecular weight excluding hydrogens is 252 g/mol. The van der Waals surface area contributed by atoms with Crippen molar-refractivity contribution in [2.45, 2.75) is 19.9 Å². The Balaban J connectivity index is 1.93. The number of hydrogen-bond donors (Lipinski definition) is 2. The number of nitrogens with one attached hydrogen (secondary N) is 2. The van der Waals surface area contributed by atoms with E-state index in [2.05, 4.69) is 27.5 Å². The topological polar surface area (TPSA) is 62.5 Å². The van der Waals surface area contributed by atoms with Crippen LogP contribution in [0.4, 0.5) is 0 Å². The fourth-order valence-corrected chi connectivity index (χ4v) is 1.74. The van der Waals surface area contributed by atoms with Gasteiger partial charge in [0.15, 0.2) is 5.96 Å². The van der Waals surface area contributed by atoms with Crippen LogP contribution >= 0.6 is 0 Å². The Morgan fingerprint density at radius 2 is 2.05 bits per heavy atom. The summed E-state index contributed by atoms with van der Waals surface area (Å²) < 4.78 is 5.49. The van der Waals surface area contributed by atoms with Crippen molar-refractivity contribution in [3.63, 3.8) is 0 Å². The Kier molecular flexibility index (Phi) is 5.17. The van der Waals surface area contributed by atoms with Crippen LogP contribution < -0.4 is 10.6 Å². The molecule has 0 aliphatic heterocycles. The minimum atomic E-state index is 0.583. The number of aliphatic imine (C=N–C) groups is 1. The van der Waals surface area contributed by atoms with E-state index < -0.39 is 0 Å². The van der Waals surface area contributed by atoms with Crippen LogP contribution in [-0.2, 0) is 6.54 Å². The molecule has 0 saturated carbocycles. The Bertz CT molecular complexity index is 548. The van der Waals surface area contributed by atoms with Crippen LogP contribution in [0.25, 0.3) is 11.5 Å². The minimum absolute atomic E-state index is 0.583. The fraction of sp³-hybridized carbons (Fsp3) is 0.333. The number of rotatable bonds is 5. The molecule has 5 heteroatoms. The third-order valence-corrected chi connectivity index (χ3v) is 2.78. The number of benzene rings is 1. The molecule has 20 heavy (non-hydrogen) atoms. The van der Waals surface area contributed by atoms with Crippen molar-refractivity contribution in [1.29, 1.82) is 0 Å². The number of nitrogens with zero attached hydrogens (tertiary/aromatic N) is 2. The second kappa shape index (κ2) is 7.33. The summed E-state index contributed by atoms with van der Waals surface area (Å²) in [7, 11) is 1.75. The summed E-state index contributed by atoms with van der Waals surface area (Å²) in [5, 5.41) is 6.41. The maximum atomic E-state index is 5.49. The van der Waals surface area contributed by atoms with Crippen molar-refractivity contribution >= 4 is 5.96 Å². The molecule has 0 spiro atoms. The zero-order valence-corrected chi connectivity index (χ0v) is 11.9. The molecule has 0 unspecified atom stereocenters. The number of hydrogen-bond acceptors (Lipinski definition) is 3. The summed E-state index contributed by atoms with van der Waals surface area (Å²) in [4.78, 5) is 8.60. The van der Waals surface area contributed by atoms with Crippen molar-refractivity contribution < 1.29 is 4.42 Å². The summed E-state index contributed by atoms with van der Waals surface area (Å²) in [6.07, 6.45) is 2.73. The van der Waals surface area contributed by atoms with E-state index in [0.717, 1.165) is 30.2 Å². The van der Waals surface area contributed by atoms with E-state index in [9.17, 15) is 0 Å². The lowest BCUT2D eigenvalue weighted by molar-refractivity contribution is 0.572. The normalized spacial score (nSPS) is 11.4. The van der Waals surface area contributed by atoms with E-state index >= 15 is 0 Å². The highest BCUT2D eigenvalue weighted by atomic mass is 16.3. The second-order valence-corrected chi connectivity index (χ2v) is 4.36. The SMILES string of the molecule is CCCNC(=NC)NCc1coc(-c2ccccc2)n1. The molecule has 2 rings (SSSR count). The molecule has 1 heterocycles. The number of oxazole rings is 1. The van der Waals surface area contributed by atoms with Crippen LogP contribution in [0.1, 0.15) is 19.0 Å². The van der Waals surface area contributed by atoms with Gasteiger partial charge < -0.3 is 15.1 Å².